The minimum Gasteiger partial charge on any atom is -0.497 e. The summed E-state index contributed by atoms with van der Waals surface area (Å²) in [7, 11) is 3.41. The van der Waals surface area contributed by atoms with Gasteiger partial charge in [0.1, 0.15) is 11.6 Å². The third-order valence-corrected chi connectivity index (χ3v) is 6.13. The number of carbonyl (C=O) groups is 1. The van der Waals surface area contributed by atoms with Crippen molar-refractivity contribution >= 4 is 28.6 Å². The van der Waals surface area contributed by atoms with Gasteiger partial charge in [0.25, 0.3) is 11.5 Å². The van der Waals surface area contributed by atoms with Crippen molar-refractivity contribution in [2.75, 3.05) is 7.11 Å². The van der Waals surface area contributed by atoms with E-state index >= 15 is 0 Å². The lowest BCUT2D eigenvalue weighted by molar-refractivity contribution is 0.0949. The number of thioether (sulfide) groups is 1. The number of aromatic amines is 1. The predicted octanol–water partition coefficient (Wildman–Crippen LogP) is 2.84. The van der Waals surface area contributed by atoms with Gasteiger partial charge in [-0.2, -0.15) is 0 Å². The number of nitrogens with one attached hydrogen (secondary N) is 2. The van der Waals surface area contributed by atoms with E-state index in [0.29, 0.717) is 39.0 Å². The molecule has 164 valence electrons. The summed E-state index contributed by atoms with van der Waals surface area (Å²) in [4.78, 5) is 32.2. The van der Waals surface area contributed by atoms with Crippen LogP contribution in [0.2, 0.25) is 0 Å². The number of hydrogen-bond acceptors (Lipinski definition) is 7. The minimum absolute atomic E-state index is 0.156. The van der Waals surface area contributed by atoms with E-state index in [2.05, 4.69) is 25.5 Å². The monoisotopic (exact) mass is 450 g/mol. The van der Waals surface area contributed by atoms with Gasteiger partial charge in [-0.15, -0.1) is 10.2 Å². The highest BCUT2D eigenvalue weighted by Gasteiger charge is 2.17. The van der Waals surface area contributed by atoms with Crippen LogP contribution in [0.5, 0.6) is 5.75 Å². The summed E-state index contributed by atoms with van der Waals surface area (Å²) in [6.07, 6.45) is 0. The lowest BCUT2D eigenvalue weighted by atomic mass is 10.2. The Labute approximate surface area is 188 Å². The Morgan fingerprint density at radius 1 is 1.19 bits per heavy atom. The molecule has 4 rings (SSSR count). The lowest BCUT2D eigenvalue weighted by Crippen LogP contribution is -2.24. The third kappa shape index (κ3) is 4.50. The van der Waals surface area contributed by atoms with Crippen molar-refractivity contribution in [2.24, 2.45) is 7.05 Å². The number of nitrogens with zero attached hydrogens (tertiary/aromatic N) is 4. The fourth-order valence-electron chi connectivity index (χ4n) is 3.12. The number of rotatable bonds is 7. The first-order valence-electron chi connectivity index (χ1n) is 9.92. The molecule has 0 aliphatic heterocycles. The van der Waals surface area contributed by atoms with Gasteiger partial charge in [-0.1, -0.05) is 23.9 Å². The fourth-order valence-corrected chi connectivity index (χ4v) is 4.01. The van der Waals surface area contributed by atoms with E-state index in [1.54, 1.807) is 37.4 Å². The molecule has 2 N–H and O–H groups in total. The quantitative estimate of drug-likeness (QED) is 0.416. The zero-order chi connectivity index (χ0) is 22.7. The Hall–Kier alpha value is -3.66. The maximum atomic E-state index is 12.4. The van der Waals surface area contributed by atoms with Crippen LogP contribution in [0.1, 0.15) is 34.2 Å². The summed E-state index contributed by atoms with van der Waals surface area (Å²) >= 11 is 1.43. The Morgan fingerprint density at radius 3 is 2.69 bits per heavy atom. The molecule has 0 aliphatic carbocycles. The summed E-state index contributed by atoms with van der Waals surface area (Å²) in [6.45, 7) is 2.17. The van der Waals surface area contributed by atoms with E-state index in [0.717, 1.165) is 0 Å². The summed E-state index contributed by atoms with van der Waals surface area (Å²) < 4.78 is 6.92. The maximum Gasteiger partial charge on any atom is 0.258 e. The van der Waals surface area contributed by atoms with Gasteiger partial charge in [0.15, 0.2) is 11.0 Å². The van der Waals surface area contributed by atoms with Crippen molar-refractivity contribution in [2.45, 2.75) is 23.9 Å². The smallest absolute Gasteiger partial charge is 0.258 e. The molecule has 0 unspecified atom stereocenters. The molecule has 0 bridgehead atoms. The van der Waals surface area contributed by atoms with E-state index in [4.69, 9.17) is 4.74 Å². The van der Waals surface area contributed by atoms with Gasteiger partial charge in [0.05, 0.1) is 29.8 Å². The van der Waals surface area contributed by atoms with Crippen molar-refractivity contribution < 1.29 is 9.53 Å². The largest absolute Gasteiger partial charge is 0.497 e. The zero-order valence-corrected chi connectivity index (χ0v) is 18.6. The van der Waals surface area contributed by atoms with Crippen LogP contribution in [0.3, 0.4) is 0 Å². The van der Waals surface area contributed by atoms with Crippen LogP contribution in [0.25, 0.3) is 10.9 Å². The van der Waals surface area contributed by atoms with Crippen LogP contribution in [0.4, 0.5) is 0 Å². The van der Waals surface area contributed by atoms with E-state index in [-0.39, 0.29) is 23.3 Å². The SMILES string of the molecule is COc1ccc(C(=O)NCc2nnc(S[C@H](C)c3nc4ccccc4c(=O)[nH]3)n2C)cc1. The van der Waals surface area contributed by atoms with Gasteiger partial charge in [0.2, 0.25) is 0 Å². The highest BCUT2D eigenvalue weighted by Crippen LogP contribution is 2.31. The normalized spacial score (nSPS) is 12.0. The topological polar surface area (TPSA) is 115 Å². The number of ether oxygens (including phenoxy) is 1. The third-order valence-electron chi connectivity index (χ3n) is 4.98. The Morgan fingerprint density at radius 2 is 1.94 bits per heavy atom. The standard InChI is InChI=1S/C22H22N6O3S/c1-13(19-24-17-7-5-4-6-16(17)21(30)25-19)32-22-27-26-18(28(22)2)12-23-20(29)14-8-10-15(31-3)11-9-14/h4-11,13H,12H2,1-3H3,(H,23,29)(H,24,25,30)/t13-/m1/s1. The van der Waals surface area contributed by atoms with E-state index in [1.807, 2.05) is 36.7 Å². The molecule has 2 aromatic heterocycles. The van der Waals surface area contributed by atoms with E-state index in [1.165, 1.54) is 11.8 Å². The molecule has 0 saturated heterocycles. The summed E-state index contributed by atoms with van der Waals surface area (Å²) in [5, 5.41) is 12.3. The number of H-pyrrole nitrogens is 1. The van der Waals surface area contributed by atoms with Crippen LogP contribution in [0.15, 0.2) is 58.5 Å². The number of benzene rings is 2. The second-order valence-corrected chi connectivity index (χ2v) is 8.41. The summed E-state index contributed by atoms with van der Waals surface area (Å²) in [5.74, 6) is 1.65. The molecule has 0 radical (unpaired) electrons. The number of amides is 1. The van der Waals surface area contributed by atoms with Gasteiger partial charge in [-0.25, -0.2) is 4.98 Å². The van der Waals surface area contributed by atoms with Gasteiger partial charge in [-0.3, -0.25) is 9.59 Å². The molecule has 0 saturated carbocycles. The predicted molar refractivity (Wildman–Crippen MR) is 122 cm³/mol. The Kier molecular flexibility index (Phi) is 6.22. The molecular weight excluding hydrogens is 428 g/mol. The molecular formula is C22H22N6O3S. The van der Waals surface area contributed by atoms with E-state index < -0.39 is 0 Å². The maximum absolute atomic E-state index is 12.4. The van der Waals surface area contributed by atoms with Crippen molar-refractivity contribution in [3.8, 4) is 5.75 Å². The first kappa shape index (κ1) is 21.6. The molecule has 4 aromatic rings. The molecule has 0 aliphatic rings. The number of methoxy groups -OCH3 is 1. The van der Waals surface area contributed by atoms with Gasteiger partial charge >= 0.3 is 0 Å². The highest BCUT2D eigenvalue weighted by atomic mass is 32.2. The minimum atomic E-state index is -0.212. The molecule has 1 atom stereocenters. The molecule has 2 aromatic carbocycles. The lowest BCUT2D eigenvalue weighted by Gasteiger charge is -2.11. The number of aromatic nitrogens is 5. The van der Waals surface area contributed by atoms with Crippen LogP contribution >= 0.6 is 11.8 Å². The first-order valence-corrected chi connectivity index (χ1v) is 10.8. The molecule has 1 amide bonds. The average molecular weight is 451 g/mol. The molecule has 2 heterocycles. The van der Waals surface area contributed by atoms with Crippen molar-refractivity contribution in [3.63, 3.8) is 0 Å². The second-order valence-electron chi connectivity index (χ2n) is 7.10. The first-order chi connectivity index (χ1) is 15.5. The summed E-state index contributed by atoms with van der Waals surface area (Å²) in [5.41, 5.74) is 1.01. The van der Waals surface area contributed by atoms with Crippen LogP contribution < -0.4 is 15.6 Å². The molecule has 0 fully saturated rings. The number of hydrogen-bond donors (Lipinski definition) is 2. The van der Waals surface area contributed by atoms with Crippen LogP contribution in [-0.2, 0) is 13.6 Å². The number of carbonyl (C=O) groups excluding carboxylic acids is 1. The fraction of sp³-hybridized carbons (Fsp3) is 0.227. The van der Waals surface area contributed by atoms with Crippen molar-refractivity contribution in [3.05, 3.63) is 76.1 Å². The van der Waals surface area contributed by atoms with Crippen LogP contribution in [0, 0.1) is 0 Å². The molecule has 32 heavy (non-hydrogen) atoms. The average Bonchev–Trinajstić information content (AvgIpc) is 3.16. The number of para-hydroxylation sites is 1. The molecule has 9 nitrogen and oxygen atoms in total. The van der Waals surface area contributed by atoms with Gasteiger partial charge in [-0.05, 0) is 43.3 Å². The van der Waals surface area contributed by atoms with Crippen molar-refractivity contribution in [1.29, 1.82) is 0 Å². The van der Waals surface area contributed by atoms with Gasteiger partial charge < -0.3 is 19.6 Å². The second kappa shape index (κ2) is 9.23. The Balaban J connectivity index is 1.43. The van der Waals surface area contributed by atoms with Crippen LogP contribution in [-0.4, -0.2) is 37.7 Å². The molecule has 10 heteroatoms. The molecule has 0 spiro atoms. The highest BCUT2D eigenvalue weighted by molar-refractivity contribution is 7.99. The summed E-state index contributed by atoms with van der Waals surface area (Å²) in [6, 6.07) is 14.1. The van der Waals surface area contributed by atoms with Gasteiger partial charge in [0, 0.05) is 12.6 Å². The zero-order valence-electron chi connectivity index (χ0n) is 17.8. The Bertz CT molecular complexity index is 1320. The van der Waals surface area contributed by atoms with Crippen molar-refractivity contribution in [1.82, 2.24) is 30.0 Å². The number of fused-ring (bicyclic) bond motifs is 1. The van der Waals surface area contributed by atoms with E-state index in [9.17, 15) is 9.59 Å².